The van der Waals surface area contributed by atoms with Gasteiger partial charge in [0.05, 0.1) is 7.05 Å². The van der Waals surface area contributed by atoms with Crippen molar-refractivity contribution in [3.8, 4) is 0 Å². The lowest BCUT2D eigenvalue weighted by Gasteiger charge is -2.26. The molecule has 3 N–H and O–H groups in total. The summed E-state index contributed by atoms with van der Waals surface area (Å²) in [6.45, 7) is 9.38. The minimum Gasteiger partial charge on any atom is -0.328 e. The second kappa shape index (κ2) is 6.86. The van der Waals surface area contributed by atoms with Gasteiger partial charge < -0.3 is 15.1 Å². The van der Waals surface area contributed by atoms with Gasteiger partial charge in [-0.1, -0.05) is 32.0 Å². The van der Waals surface area contributed by atoms with Crippen LogP contribution in [-0.2, 0) is 4.79 Å². The lowest BCUT2D eigenvalue weighted by atomic mass is 10.0. The molecule has 110 valence electrons. The number of quaternary nitrogens is 2. The SMILES string of the molecule is CC(C)c1ccccc1NC(=O)C[NH+]1CC[NH+](C)CC1. The Labute approximate surface area is 121 Å². The van der Waals surface area contributed by atoms with E-state index >= 15 is 0 Å². The van der Waals surface area contributed by atoms with Crippen LogP contribution >= 0.6 is 0 Å². The second-order valence-electron chi connectivity index (χ2n) is 6.17. The zero-order valence-electron chi connectivity index (χ0n) is 12.8. The average Bonchev–Trinajstić information content (AvgIpc) is 2.41. The molecule has 0 aromatic heterocycles. The fraction of sp³-hybridized carbons (Fsp3) is 0.562. The van der Waals surface area contributed by atoms with Gasteiger partial charge in [-0.25, -0.2) is 0 Å². The smallest absolute Gasteiger partial charge is 0.279 e. The Balaban J connectivity index is 1.91. The van der Waals surface area contributed by atoms with E-state index in [1.165, 1.54) is 10.5 Å². The van der Waals surface area contributed by atoms with E-state index in [2.05, 4.69) is 32.3 Å². The number of para-hydroxylation sites is 1. The van der Waals surface area contributed by atoms with Crippen LogP contribution in [0.25, 0.3) is 0 Å². The third kappa shape index (κ3) is 4.05. The molecule has 0 aliphatic carbocycles. The number of hydrogen-bond acceptors (Lipinski definition) is 1. The number of anilines is 1. The maximum atomic E-state index is 12.2. The van der Waals surface area contributed by atoms with Gasteiger partial charge in [0, 0.05) is 5.69 Å². The molecule has 4 heteroatoms. The van der Waals surface area contributed by atoms with E-state index in [1.807, 2.05) is 18.2 Å². The Bertz CT molecular complexity index is 451. The number of carbonyl (C=O) groups is 1. The summed E-state index contributed by atoms with van der Waals surface area (Å²) in [6, 6.07) is 8.09. The molecule has 0 unspecified atom stereocenters. The van der Waals surface area contributed by atoms with Gasteiger partial charge in [-0.05, 0) is 17.5 Å². The first kappa shape index (κ1) is 15.0. The molecule has 0 spiro atoms. The fourth-order valence-electron chi connectivity index (χ4n) is 2.74. The summed E-state index contributed by atoms with van der Waals surface area (Å²) in [7, 11) is 2.22. The number of hydrogen-bond donors (Lipinski definition) is 3. The van der Waals surface area contributed by atoms with Crippen LogP contribution in [0.4, 0.5) is 5.69 Å². The highest BCUT2D eigenvalue weighted by Gasteiger charge is 2.22. The van der Waals surface area contributed by atoms with Crippen molar-refractivity contribution in [2.24, 2.45) is 0 Å². The maximum absolute atomic E-state index is 12.2. The molecule has 20 heavy (non-hydrogen) atoms. The molecule has 0 radical (unpaired) electrons. The van der Waals surface area contributed by atoms with Crippen LogP contribution in [0.5, 0.6) is 0 Å². The number of nitrogens with one attached hydrogen (secondary N) is 3. The van der Waals surface area contributed by atoms with E-state index in [0.29, 0.717) is 12.5 Å². The van der Waals surface area contributed by atoms with E-state index in [9.17, 15) is 4.79 Å². The van der Waals surface area contributed by atoms with Gasteiger partial charge in [-0.15, -0.1) is 0 Å². The van der Waals surface area contributed by atoms with Crippen LogP contribution in [0, 0.1) is 0 Å². The van der Waals surface area contributed by atoms with Crippen molar-refractivity contribution in [3.05, 3.63) is 29.8 Å². The number of piperazine rings is 1. The van der Waals surface area contributed by atoms with E-state index in [-0.39, 0.29) is 5.91 Å². The molecule has 1 aliphatic rings. The Kier molecular flexibility index (Phi) is 5.15. The Hall–Kier alpha value is -1.39. The number of carbonyl (C=O) groups excluding carboxylic acids is 1. The topological polar surface area (TPSA) is 38.0 Å². The number of amides is 1. The second-order valence-corrected chi connectivity index (χ2v) is 6.17. The predicted octanol–water partition coefficient (Wildman–Crippen LogP) is -0.838. The minimum absolute atomic E-state index is 0.132. The first-order chi connectivity index (χ1) is 9.56. The van der Waals surface area contributed by atoms with E-state index in [4.69, 9.17) is 0 Å². The molecule has 1 aromatic carbocycles. The molecule has 1 aliphatic heterocycles. The van der Waals surface area contributed by atoms with Crippen LogP contribution in [0.2, 0.25) is 0 Å². The van der Waals surface area contributed by atoms with Crippen molar-refractivity contribution < 1.29 is 14.6 Å². The zero-order valence-corrected chi connectivity index (χ0v) is 12.8. The summed E-state index contributed by atoms with van der Waals surface area (Å²) in [4.78, 5) is 15.2. The summed E-state index contributed by atoms with van der Waals surface area (Å²) in [5, 5.41) is 3.08. The van der Waals surface area contributed by atoms with Crippen LogP contribution in [-0.4, -0.2) is 45.7 Å². The van der Waals surface area contributed by atoms with Gasteiger partial charge in [-0.2, -0.15) is 0 Å². The summed E-state index contributed by atoms with van der Waals surface area (Å²) in [5.74, 6) is 0.554. The van der Waals surface area contributed by atoms with E-state index in [0.717, 1.165) is 31.9 Å². The average molecular weight is 277 g/mol. The van der Waals surface area contributed by atoms with Crippen LogP contribution in [0.1, 0.15) is 25.3 Å². The van der Waals surface area contributed by atoms with Crippen molar-refractivity contribution >= 4 is 11.6 Å². The van der Waals surface area contributed by atoms with Crippen LogP contribution in [0.3, 0.4) is 0 Å². The van der Waals surface area contributed by atoms with E-state index < -0.39 is 0 Å². The summed E-state index contributed by atoms with van der Waals surface area (Å²) < 4.78 is 0. The summed E-state index contributed by atoms with van der Waals surface area (Å²) in [5.41, 5.74) is 2.17. The highest BCUT2D eigenvalue weighted by atomic mass is 16.2. The maximum Gasteiger partial charge on any atom is 0.279 e. The van der Waals surface area contributed by atoms with Crippen molar-refractivity contribution in [2.45, 2.75) is 19.8 Å². The summed E-state index contributed by atoms with van der Waals surface area (Å²) in [6.07, 6.45) is 0. The third-order valence-electron chi connectivity index (χ3n) is 4.08. The van der Waals surface area contributed by atoms with E-state index in [1.54, 1.807) is 4.90 Å². The molecule has 1 heterocycles. The van der Waals surface area contributed by atoms with Gasteiger partial charge >= 0.3 is 0 Å². The molecule has 0 atom stereocenters. The third-order valence-corrected chi connectivity index (χ3v) is 4.08. The van der Waals surface area contributed by atoms with Crippen molar-refractivity contribution in [2.75, 3.05) is 45.1 Å². The highest BCUT2D eigenvalue weighted by molar-refractivity contribution is 5.92. The molecule has 1 fully saturated rings. The largest absolute Gasteiger partial charge is 0.328 e. The summed E-state index contributed by atoms with van der Waals surface area (Å²) >= 11 is 0. The Morgan fingerprint density at radius 2 is 1.85 bits per heavy atom. The lowest BCUT2D eigenvalue weighted by molar-refractivity contribution is -0.999. The van der Waals surface area contributed by atoms with Gasteiger partial charge in [0.25, 0.3) is 5.91 Å². The minimum atomic E-state index is 0.132. The number of benzene rings is 1. The molecular weight excluding hydrogens is 250 g/mol. The molecule has 1 saturated heterocycles. The standard InChI is InChI=1S/C16H25N3O/c1-13(2)14-6-4-5-7-15(14)17-16(20)12-19-10-8-18(3)9-11-19/h4-7,13H,8-12H2,1-3H3,(H,17,20)/p+2. The lowest BCUT2D eigenvalue weighted by Crippen LogP contribution is -3.27. The van der Waals surface area contributed by atoms with Gasteiger partial charge in [-0.3, -0.25) is 4.79 Å². The van der Waals surface area contributed by atoms with Crippen molar-refractivity contribution in [1.82, 2.24) is 0 Å². The fourth-order valence-corrected chi connectivity index (χ4v) is 2.74. The van der Waals surface area contributed by atoms with Crippen LogP contribution < -0.4 is 15.1 Å². The first-order valence-electron chi connectivity index (χ1n) is 7.60. The normalized spacial score (nSPS) is 22.8. The predicted molar refractivity (Wildman–Crippen MR) is 81.3 cm³/mol. The molecule has 1 amide bonds. The molecule has 0 bridgehead atoms. The van der Waals surface area contributed by atoms with Gasteiger partial charge in [0.1, 0.15) is 26.2 Å². The quantitative estimate of drug-likeness (QED) is 0.660. The monoisotopic (exact) mass is 277 g/mol. The van der Waals surface area contributed by atoms with Crippen molar-refractivity contribution in [1.29, 1.82) is 0 Å². The Morgan fingerprint density at radius 1 is 1.20 bits per heavy atom. The molecule has 2 rings (SSSR count). The molecule has 1 aromatic rings. The van der Waals surface area contributed by atoms with Gasteiger partial charge in [0.15, 0.2) is 6.54 Å². The highest BCUT2D eigenvalue weighted by Crippen LogP contribution is 2.23. The zero-order chi connectivity index (χ0) is 14.5. The first-order valence-corrected chi connectivity index (χ1v) is 7.60. The molecular formula is C16H27N3O+2. The Morgan fingerprint density at radius 3 is 2.50 bits per heavy atom. The molecule has 4 nitrogen and oxygen atoms in total. The number of rotatable bonds is 4. The number of likely N-dealkylation sites (N-methyl/N-ethyl adjacent to an activating group) is 1. The molecule has 0 saturated carbocycles. The van der Waals surface area contributed by atoms with Gasteiger partial charge in [0.2, 0.25) is 0 Å². The van der Waals surface area contributed by atoms with Crippen molar-refractivity contribution in [3.63, 3.8) is 0 Å². The van der Waals surface area contributed by atoms with Crippen LogP contribution in [0.15, 0.2) is 24.3 Å².